The molecule has 1 aromatic carbocycles. The fourth-order valence-corrected chi connectivity index (χ4v) is 2.00. The molecule has 0 amide bonds. The van der Waals surface area contributed by atoms with E-state index in [4.69, 9.17) is 9.47 Å². The van der Waals surface area contributed by atoms with Crippen LogP contribution in [0, 0.1) is 0 Å². The van der Waals surface area contributed by atoms with Crippen LogP contribution in [0.15, 0.2) is 24.3 Å². The van der Waals surface area contributed by atoms with E-state index in [9.17, 15) is 0 Å². The van der Waals surface area contributed by atoms with E-state index in [0.717, 1.165) is 32.8 Å². The van der Waals surface area contributed by atoms with Gasteiger partial charge in [-0.25, -0.2) is 0 Å². The topological polar surface area (TPSA) is 21.7 Å². The van der Waals surface area contributed by atoms with Gasteiger partial charge >= 0.3 is 0 Å². The Morgan fingerprint density at radius 2 is 2.00 bits per heavy atom. The number of nitrogens with zero attached hydrogens (tertiary/aromatic N) is 1. The lowest BCUT2D eigenvalue weighted by molar-refractivity contribution is 0.0341. The van der Waals surface area contributed by atoms with Crippen molar-refractivity contribution < 1.29 is 9.47 Å². The summed E-state index contributed by atoms with van der Waals surface area (Å²) in [4.78, 5) is 2.43. The fourth-order valence-electron chi connectivity index (χ4n) is 2.00. The van der Waals surface area contributed by atoms with E-state index in [1.54, 1.807) is 7.11 Å². The molecule has 2 rings (SSSR count). The van der Waals surface area contributed by atoms with Crippen LogP contribution in [0.4, 0.5) is 0 Å². The Balaban J connectivity index is 1.94. The maximum atomic E-state index is 5.34. The van der Waals surface area contributed by atoms with Crippen molar-refractivity contribution in [2.75, 3.05) is 33.4 Å². The van der Waals surface area contributed by atoms with Gasteiger partial charge in [0, 0.05) is 26.7 Å². The molecule has 0 aromatic heterocycles. The number of methoxy groups -OCH3 is 1. The molecule has 1 aliphatic rings. The van der Waals surface area contributed by atoms with Gasteiger partial charge in [0.1, 0.15) is 0 Å². The highest BCUT2D eigenvalue weighted by atomic mass is 16.5. The van der Waals surface area contributed by atoms with Crippen LogP contribution in [-0.4, -0.2) is 38.3 Å². The molecule has 0 aliphatic carbocycles. The van der Waals surface area contributed by atoms with Gasteiger partial charge < -0.3 is 9.47 Å². The van der Waals surface area contributed by atoms with Crippen LogP contribution in [0.3, 0.4) is 0 Å². The van der Waals surface area contributed by atoms with Gasteiger partial charge in [0.15, 0.2) is 0 Å². The van der Waals surface area contributed by atoms with Gasteiger partial charge in [-0.15, -0.1) is 0 Å². The Bertz CT molecular complexity index is 321. The minimum Gasteiger partial charge on any atom is -0.380 e. The molecule has 1 fully saturated rings. The van der Waals surface area contributed by atoms with Crippen molar-refractivity contribution >= 4 is 0 Å². The summed E-state index contributed by atoms with van der Waals surface area (Å²) >= 11 is 0. The normalized spacial score (nSPS) is 17.6. The van der Waals surface area contributed by atoms with Crippen LogP contribution >= 0.6 is 0 Å². The molecule has 0 atom stereocenters. The molecule has 0 spiro atoms. The summed E-state index contributed by atoms with van der Waals surface area (Å²) in [5.74, 6) is 0. The zero-order valence-electron chi connectivity index (χ0n) is 9.82. The fraction of sp³-hybridized carbons (Fsp3) is 0.538. The second-order valence-electron chi connectivity index (χ2n) is 4.14. The Kier molecular flexibility index (Phi) is 4.34. The Morgan fingerprint density at radius 1 is 1.25 bits per heavy atom. The van der Waals surface area contributed by atoms with E-state index >= 15 is 0 Å². The number of hydrogen-bond donors (Lipinski definition) is 0. The van der Waals surface area contributed by atoms with Crippen molar-refractivity contribution in [1.29, 1.82) is 0 Å². The van der Waals surface area contributed by atoms with Crippen molar-refractivity contribution in [2.24, 2.45) is 0 Å². The van der Waals surface area contributed by atoms with Gasteiger partial charge in [0.25, 0.3) is 0 Å². The van der Waals surface area contributed by atoms with Crippen molar-refractivity contribution in [3.05, 3.63) is 35.4 Å². The molecule has 1 heterocycles. The predicted molar refractivity (Wildman–Crippen MR) is 63.3 cm³/mol. The van der Waals surface area contributed by atoms with Gasteiger partial charge in [-0.05, 0) is 11.1 Å². The van der Waals surface area contributed by atoms with Gasteiger partial charge in [0.2, 0.25) is 0 Å². The monoisotopic (exact) mass is 221 g/mol. The second kappa shape index (κ2) is 5.99. The Labute approximate surface area is 97.0 Å². The van der Waals surface area contributed by atoms with E-state index in [0.29, 0.717) is 6.61 Å². The summed E-state index contributed by atoms with van der Waals surface area (Å²) in [5.41, 5.74) is 2.60. The number of hydrogen-bond acceptors (Lipinski definition) is 3. The summed E-state index contributed by atoms with van der Waals surface area (Å²) in [6, 6.07) is 8.60. The molecule has 0 bridgehead atoms. The first kappa shape index (κ1) is 11.6. The maximum absolute atomic E-state index is 5.34. The SMILES string of the molecule is COCc1cccc(CN2CCOCC2)c1. The van der Waals surface area contributed by atoms with Gasteiger partial charge in [-0.1, -0.05) is 24.3 Å². The first-order chi connectivity index (χ1) is 7.88. The first-order valence-electron chi connectivity index (χ1n) is 5.75. The molecular weight excluding hydrogens is 202 g/mol. The maximum Gasteiger partial charge on any atom is 0.0713 e. The predicted octanol–water partition coefficient (Wildman–Crippen LogP) is 1.67. The van der Waals surface area contributed by atoms with Gasteiger partial charge in [0.05, 0.1) is 19.8 Å². The van der Waals surface area contributed by atoms with E-state index in [1.807, 2.05) is 0 Å². The van der Waals surface area contributed by atoms with E-state index in [1.165, 1.54) is 11.1 Å². The number of morpholine rings is 1. The standard InChI is InChI=1S/C13H19NO2/c1-15-11-13-4-2-3-12(9-13)10-14-5-7-16-8-6-14/h2-4,9H,5-8,10-11H2,1H3. The molecule has 0 saturated carbocycles. The van der Waals surface area contributed by atoms with Crippen LogP contribution in [0.5, 0.6) is 0 Å². The number of ether oxygens (including phenoxy) is 2. The molecule has 1 aliphatic heterocycles. The zero-order chi connectivity index (χ0) is 11.2. The minimum atomic E-state index is 0.691. The second-order valence-corrected chi connectivity index (χ2v) is 4.14. The molecule has 16 heavy (non-hydrogen) atoms. The number of rotatable bonds is 4. The number of benzene rings is 1. The molecule has 3 nitrogen and oxygen atoms in total. The third-order valence-corrected chi connectivity index (χ3v) is 2.81. The summed E-state index contributed by atoms with van der Waals surface area (Å²) in [6.45, 7) is 5.50. The highest BCUT2D eigenvalue weighted by Crippen LogP contribution is 2.10. The summed E-state index contributed by atoms with van der Waals surface area (Å²) in [5, 5.41) is 0. The molecule has 0 unspecified atom stereocenters. The Morgan fingerprint density at radius 3 is 2.75 bits per heavy atom. The lowest BCUT2D eigenvalue weighted by Gasteiger charge is -2.26. The van der Waals surface area contributed by atoms with Crippen LogP contribution in [0.1, 0.15) is 11.1 Å². The van der Waals surface area contributed by atoms with Crippen LogP contribution in [-0.2, 0) is 22.6 Å². The van der Waals surface area contributed by atoms with Crippen LogP contribution in [0.25, 0.3) is 0 Å². The van der Waals surface area contributed by atoms with E-state index < -0.39 is 0 Å². The lowest BCUT2D eigenvalue weighted by atomic mass is 10.1. The average Bonchev–Trinajstić information content (AvgIpc) is 2.31. The van der Waals surface area contributed by atoms with Gasteiger partial charge in [-0.3, -0.25) is 4.90 Å². The third-order valence-electron chi connectivity index (χ3n) is 2.81. The van der Waals surface area contributed by atoms with E-state index in [-0.39, 0.29) is 0 Å². The summed E-state index contributed by atoms with van der Waals surface area (Å²) in [6.07, 6.45) is 0. The lowest BCUT2D eigenvalue weighted by Crippen LogP contribution is -2.35. The molecule has 3 heteroatoms. The molecule has 0 N–H and O–H groups in total. The summed E-state index contributed by atoms with van der Waals surface area (Å²) < 4.78 is 10.5. The molecule has 1 aromatic rings. The average molecular weight is 221 g/mol. The molecule has 1 saturated heterocycles. The van der Waals surface area contributed by atoms with Crippen molar-refractivity contribution in [3.8, 4) is 0 Å². The smallest absolute Gasteiger partial charge is 0.0713 e. The summed E-state index contributed by atoms with van der Waals surface area (Å²) in [7, 11) is 1.73. The van der Waals surface area contributed by atoms with Crippen molar-refractivity contribution in [3.63, 3.8) is 0 Å². The van der Waals surface area contributed by atoms with Crippen molar-refractivity contribution in [1.82, 2.24) is 4.90 Å². The minimum absolute atomic E-state index is 0.691. The Hall–Kier alpha value is -0.900. The van der Waals surface area contributed by atoms with Crippen molar-refractivity contribution in [2.45, 2.75) is 13.2 Å². The third kappa shape index (κ3) is 3.30. The highest BCUT2D eigenvalue weighted by Gasteiger charge is 2.10. The molecule has 88 valence electrons. The van der Waals surface area contributed by atoms with E-state index in [2.05, 4.69) is 29.2 Å². The van der Waals surface area contributed by atoms with Gasteiger partial charge in [-0.2, -0.15) is 0 Å². The first-order valence-corrected chi connectivity index (χ1v) is 5.75. The highest BCUT2D eigenvalue weighted by molar-refractivity contribution is 5.22. The largest absolute Gasteiger partial charge is 0.380 e. The van der Waals surface area contributed by atoms with Crippen LogP contribution < -0.4 is 0 Å². The quantitative estimate of drug-likeness (QED) is 0.772. The zero-order valence-corrected chi connectivity index (χ0v) is 9.82. The molecular formula is C13H19NO2. The van der Waals surface area contributed by atoms with Crippen LogP contribution in [0.2, 0.25) is 0 Å². The molecule has 0 radical (unpaired) electrons.